The average molecular weight is 488 g/mol. The molecule has 0 heterocycles. The first-order chi connectivity index (χ1) is 15.8. The number of hydrazine groups is 1. The Kier molecular flexibility index (Phi) is 7.92. The van der Waals surface area contributed by atoms with Gasteiger partial charge < -0.3 is 4.74 Å². The number of halogens is 1. The third kappa shape index (κ3) is 6.96. The minimum atomic E-state index is -3.85. The molecule has 0 aliphatic rings. The first kappa shape index (κ1) is 24.1. The lowest BCUT2D eigenvalue weighted by atomic mass is 10.1. The molecule has 0 unspecified atom stereocenters. The van der Waals surface area contributed by atoms with Crippen molar-refractivity contribution in [3.8, 4) is 5.75 Å². The van der Waals surface area contributed by atoms with Crippen LogP contribution in [0.1, 0.15) is 22.8 Å². The van der Waals surface area contributed by atoms with Gasteiger partial charge in [-0.1, -0.05) is 23.7 Å². The van der Waals surface area contributed by atoms with Gasteiger partial charge in [0.1, 0.15) is 5.75 Å². The van der Waals surface area contributed by atoms with Crippen LogP contribution in [0.25, 0.3) is 0 Å². The van der Waals surface area contributed by atoms with E-state index >= 15 is 0 Å². The summed E-state index contributed by atoms with van der Waals surface area (Å²) >= 11 is 5.81. The van der Waals surface area contributed by atoms with Gasteiger partial charge in [0.25, 0.3) is 15.9 Å². The van der Waals surface area contributed by atoms with Crippen LogP contribution >= 0.6 is 11.6 Å². The van der Waals surface area contributed by atoms with E-state index in [0.717, 1.165) is 5.56 Å². The number of carbonyl (C=O) groups excluding carboxylic acids is 2. The highest BCUT2D eigenvalue weighted by molar-refractivity contribution is 7.92. The number of sulfonamides is 1. The van der Waals surface area contributed by atoms with Crippen molar-refractivity contribution in [1.29, 1.82) is 0 Å². The molecule has 0 radical (unpaired) electrons. The maximum absolute atomic E-state index is 12.6. The molecule has 10 heteroatoms. The van der Waals surface area contributed by atoms with Crippen molar-refractivity contribution >= 4 is 39.1 Å². The summed E-state index contributed by atoms with van der Waals surface area (Å²) in [4.78, 5) is 24.2. The Hall–Kier alpha value is -3.56. The lowest BCUT2D eigenvalue weighted by molar-refractivity contribution is -0.121. The van der Waals surface area contributed by atoms with Crippen LogP contribution in [0.3, 0.4) is 0 Å². The maximum atomic E-state index is 12.6. The molecule has 3 N–H and O–H groups in total. The van der Waals surface area contributed by atoms with E-state index in [-0.39, 0.29) is 16.9 Å². The Morgan fingerprint density at radius 2 is 1.52 bits per heavy atom. The van der Waals surface area contributed by atoms with E-state index in [1.807, 2.05) is 6.92 Å². The highest BCUT2D eigenvalue weighted by atomic mass is 35.5. The van der Waals surface area contributed by atoms with Gasteiger partial charge in [-0.15, -0.1) is 0 Å². The molecule has 0 aliphatic heterocycles. The van der Waals surface area contributed by atoms with Crippen LogP contribution in [0.4, 0.5) is 5.69 Å². The molecule has 3 aromatic carbocycles. The Morgan fingerprint density at radius 3 is 2.12 bits per heavy atom. The summed E-state index contributed by atoms with van der Waals surface area (Å²) in [7, 11) is -3.85. The molecular formula is C23H22ClN3O5S. The Bertz CT molecular complexity index is 1210. The Labute approximate surface area is 196 Å². The van der Waals surface area contributed by atoms with Crippen LogP contribution in [0, 0.1) is 0 Å². The standard InChI is InChI=1S/C23H22ClN3O5S/c1-2-32-20-11-9-19(10-12-20)27-33(30,31)21-13-5-17(6-14-21)23(29)26-25-22(28)15-16-3-7-18(24)8-4-16/h3-14,27H,2,15H2,1H3,(H,25,28)(H,26,29). The number of hydrogen-bond acceptors (Lipinski definition) is 5. The first-order valence-electron chi connectivity index (χ1n) is 9.96. The lowest BCUT2D eigenvalue weighted by Crippen LogP contribution is -2.42. The van der Waals surface area contributed by atoms with E-state index in [9.17, 15) is 18.0 Å². The molecule has 0 bridgehead atoms. The second-order valence-electron chi connectivity index (χ2n) is 6.89. The molecule has 0 spiro atoms. The van der Waals surface area contributed by atoms with E-state index in [1.165, 1.54) is 24.3 Å². The molecule has 0 atom stereocenters. The molecule has 3 aromatic rings. The van der Waals surface area contributed by atoms with E-state index in [2.05, 4.69) is 15.6 Å². The number of rotatable bonds is 8. The monoisotopic (exact) mass is 487 g/mol. The van der Waals surface area contributed by atoms with E-state index < -0.39 is 21.8 Å². The predicted octanol–water partition coefficient (Wildman–Crippen LogP) is 3.54. The summed E-state index contributed by atoms with van der Waals surface area (Å²) in [5, 5.41) is 0.563. The molecular weight excluding hydrogens is 466 g/mol. The van der Waals surface area contributed by atoms with Crippen molar-refractivity contribution < 1.29 is 22.7 Å². The normalized spacial score (nSPS) is 10.8. The number of benzene rings is 3. The van der Waals surface area contributed by atoms with Crippen LogP contribution in [0.2, 0.25) is 5.02 Å². The van der Waals surface area contributed by atoms with E-state index in [1.54, 1.807) is 48.5 Å². The van der Waals surface area contributed by atoms with Gasteiger partial charge in [0.05, 0.1) is 17.9 Å². The molecule has 0 aromatic heterocycles. The smallest absolute Gasteiger partial charge is 0.269 e. The van der Waals surface area contributed by atoms with Crippen LogP contribution in [0.15, 0.2) is 77.7 Å². The zero-order valence-electron chi connectivity index (χ0n) is 17.7. The van der Waals surface area contributed by atoms with Gasteiger partial charge in [0.15, 0.2) is 0 Å². The Balaban J connectivity index is 1.56. The lowest BCUT2D eigenvalue weighted by Gasteiger charge is -2.10. The fourth-order valence-electron chi connectivity index (χ4n) is 2.82. The van der Waals surface area contributed by atoms with Gasteiger partial charge in [-0.2, -0.15) is 0 Å². The molecule has 2 amide bonds. The van der Waals surface area contributed by atoms with Gasteiger partial charge in [0, 0.05) is 16.3 Å². The largest absolute Gasteiger partial charge is 0.494 e. The van der Waals surface area contributed by atoms with Crippen molar-refractivity contribution in [2.24, 2.45) is 0 Å². The second kappa shape index (κ2) is 10.8. The summed E-state index contributed by atoms with van der Waals surface area (Å²) in [5.41, 5.74) is 5.92. The third-order valence-electron chi connectivity index (χ3n) is 4.44. The van der Waals surface area contributed by atoms with Crippen LogP contribution in [0.5, 0.6) is 5.75 Å². The Morgan fingerprint density at radius 1 is 0.879 bits per heavy atom. The highest BCUT2D eigenvalue weighted by Crippen LogP contribution is 2.20. The summed E-state index contributed by atoms with van der Waals surface area (Å²) < 4.78 is 33.0. The van der Waals surface area contributed by atoms with E-state index in [4.69, 9.17) is 16.3 Å². The summed E-state index contributed by atoms with van der Waals surface area (Å²) in [6.45, 7) is 2.37. The number of anilines is 1. The highest BCUT2D eigenvalue weighted by Gasteiger charge is 2.16. The maximum Gasteiger partial charge on any atom is 0.269 e. The summed E-state index contributed by atoms with van der Waals surface area (Å²) in [6.07, 6.45) is 0.0614. The van der Waals surface area contributed by atoms with Crippen molar-refractivity contribution in [2.45, 2.75) is 18.2 Å². The molecule has 0 fully saturated rings. The van der Waals surface area contributed by atoms with Gasteiger partial charge in [0.2, 0.25) is 5.91 Å². The average Bonchev–Trinajstić information content (AvgIpc) is 2.80. The van der Waals surface area contributed by atoms with Gasteiger partial charge in [-0.05, 0) is 73.2 Å². The van der Waals surface area contributed by atoms with Crippen LogP contribution in [-0.4, -0.2) is 26.8 Å². The molecule has 8 nitrogen and oxygen atoms in total. The first-order valence-corrected chi connectivity index (χ1v) is 11.8. The minimum absolute atomic E-state index is 0.0142. The number of carbonyl (C=O) groups is 2. The number of amides is 2. The topological polar surface area (TPSA) is 114 Å². The fraction of sp³-hybridized carbons (Fsp3) is 0.130. The second-order valence-corrected chi connectivity index (χ2v) is 9.01. The molecule has 3 rings (SSSR count). The van der Waals surface area contributed by atoms with Gasteiger partial charge >= 0.3 is 0 Å². The number of hydrogen-bond donors (Lipinski definition) is 3. The van der Waals surface area contributed by atoms with Crippen molar-refractivity contribution in [2.75, 3.05) is 11.3 Å². The third-order valence-corrected chi connectivity index (χ3v) is 6.09. The van der Waals surface area contributed by atoms with Crippen molar-refractivity contribution in [3.63, 3.8) is 0 Å². The zero-order chi connectivity index (χ0) is 23.8. The molecule has 33 heavy (non-hydrogen) atoms. The number of nitrogens with one attached hydrogen (secondary N) is 3. The molecule has 0 saturated carbocycles. The van der Waals surface area contributed by atoms with Gasteiger partial charge in [-0.3, -0.25) is 25.2 Å². The predicted molar refractivity (Wildman–Crippen MR) is 126 cm³/mol. The summed E-state index contributed by atoms with van der Waals surface area (Å²) in [5.74, 6) is -0.358. The van der Waals surface area contributed by atoms with Crippen molar-refractivity contribution in [1.82, 2.24) is 10.9 Å². The summed E-state index contributed by atoms with van der Waals surface area (Å²) in [6, 6.07) is 18.6. The van der Waals surface area contributed by atoms with Crippen LogP contribution in [-0.2, 0) is 21.2 Å². The van der Waals surface area contributed by atoms with E-state index in [0.29, 0.717) is 23.1 Å². The molecule has 0 aliphatic carbocycles. The zero-order valence-corrected chi connectivity index (χ0v) is 19.2. The van der Waals surface area contributed by atoms with Crippen molar-refractivity contribution in [3.05, 3.63) is 88.9 Å². The fourth-order valence-corrected chi connectivity index (χ4v) is 4.00. The molecule has 0 saturated heterocycles. The van der Waals surface area contributed by atoms with Gasteiger partial charge in [-0.25, -0.2) is 8.42 Å². The van der Waals surface area contributed by atoms with Crippen LogP contribution < -0.4 is 20.3 Å². The SMILES string of the molecule is CCOc1ccc(NS(=O)(=O)c2ccc(C(=O)NNC(=O)Cc3ccc(Cl)cc3)cc2)cc1. The quantitative estimate of drug-likeness (QED) is 0.420. The minimum Gasteiger partial charge on any atom is -0.494 e. The molecule has 172 valence electrons. The number of ether oxygens (including phenoxy) is 1.